The summed E-state index contributed by atoms with van der Waals surface area (Å²) in [5, 5.41) is 0. The number of hydrogen-bond acceptors (Lipinski definition) is 3. The van der Waals surface area contributed by atoms with Crippen LogP contribution in [0.5, 0.6) is 0 Å². The summed E-state index contributed by atoms with van der Waals surface area (Å²) in [5.74, 6) is 0.0696. The fourth-order valence-electron chi connectivity index (χ4n) is 2.06. The monoisotopic (exact) mass is 250 g/mol. The summed E-state index contributed by atoms with van der Waals surface area (Å²) in [6, 6.07) is -0.0636. The van der Waals surface area contributed by atoms with Crippen molar-refractivity contribution in [2.75, 3.05) is 13.2 Å². The van der Waals surface area contributed by atoms with E-state index in [-0.39, 0.29) is 36.4 Å². The Labute approximate surface area is 104 Å². The van der Waals surface area contributed by atoms with Gasteiger partial charge in [-0.1, -0.05) is 13.3 Å². The van der Waals surface area contributed by atoms with E-state index in [1.807, 2.05) is 25.7 Å². The fraction of sp³-hybridized carbons (Fsp3) is 0.909. The summed E-state index contributed by atoms with van der Waals surface area (Å²) >= 11 is 0. The molecule has 3 atom stereocenters. The first-order valence-electron chi connectivity index (χ1n) is 5.73. The van der Waals surface area contributed by atoms with Gasteiger partial charge >= 0.3 is 0 Å². The molecule has 5 heteroatoms. The Kier molecular flexibility index (Phi) is 6.95. The minimum Gasteiger partial charge on any atom is -0.377 e. The number of nitrogens with two attached hydrogens (primary N) is 1. The van der Waals surface area contributed by atoms with Gasteiger partial charge in [0.25, 0.3) is 0 Å². The lowest BCUT2D eigenvalue weighted by Crippen LogP contribution is -2.57. The number of carbonyl (C=O) groups is 1. The summed E-state index contributed by atoms with van der Waals surface area (Å²) in [6.45, 7) is 7.29. The van der Waals surface area contributed by atoms with E-state index in [1.165, 1.54) is 0 Å². The summed E-state index contributed by atoms with van der Waals surface area (Å²) in [7, 11) is 0. The molecule has 1 aliphatic heterocycles. The van der Waals surface area contributed by atoms with Gasteiger partial charge in [0, 0.05) is 0 Å². The van der Waals surface area contributed by atoms with Crippen molar-refractivity contribution in [3.05, 3.63) is 0 Å². The van der Waals surface area contributed by atoms with Gasteiger partial charge in [-0.2, -0.15) is 0 Å². The van der Waals surface area contributed by atoms with Gasteiger partial charge in [-0.25, -0.2) is 0 Å². The molecular weight excluding hydrogens is 228 g/mol. The molecule has 96 valence electrons. The molecule has 1 amide bonds. The minimum atomic E-state index is -0.349. The van der Waals surface area contributed by atoms with Gasteiger partial charge in [0.15, 0.2) is 0 Å². The van der Waals surface area contributed by atoms with E-state index in [9.17, 15) is 4.79 Å². The molecule has 4 nitrogen and oxygen atoms in total. The molecule has 0 spiro atoms. The summed E-state index contributed by atoms with van der Waals surface area (Å²) in [5.41, 5.74) is 5.85. The fourth-order valence-corrected chi connectivity index (χ4v) is 2.06. The molecule has 1 saturated heterocycles. The zero-order valence-electron chi connectivity index (χ0n) is 10.3. The van der Waals surface area contributed by atoms with Crippen molar-refractivity contribution >= 4 is 18.3 Å². The van der Waals surface area contributed by atoms with E-state index in [0.29, 0.717) is 13.2 Å². The van der Waals surface area contributed by atoms with Gasteiger partial charge in [0.1, 0.15) is 0 Å². The maximum atomic E-state index is 12.1. The third kappa shape index (κ3) is 3.61. The predicted molar refractivity (Wildman–Crippen MR) is 66.7 cm³/mol. The molecule has 1 rings (SSSR count). The lowest BCUT2D eigenvalue weighted by Gasteiger charge is -2.40. The average Bonchev–Trinajstić information content (AvgIpc) is 2.17. The second-order valence-electron chi connectivity index (χ2n) is 4.38. The molecule has 0 aromatic heterocycles. The van der Waals surface area contributed by atoms with Crippen LogP contribution in [0.4, 0.5) is 0 Å². The molecule has 1 aliphatic rings. The van der Waals surface area contributed by atoms with Crippen LogP contribution in [0.3, 0.4) is 0 Å². The Morgan fingerprint density at radius 3 is 2.38 bits per heavy atom. The minimum absolute atomic E-state index is 0. The Bertz CT molecular complexity index is 216. The van der Waals surface area contributed by atoms with Crippen molar-refractivity contribution in [3.63, 3.8) is 0 Å². The number of halogens is 1. The molecule has 0 radical (unpaired) electrons. The summed E-state index contributed by atoms with van der Waals surface area (Å²) in [4.78, 5) is 13.9. The Morgan fingerprint density at radius 2 is 1.94 bits per heavy atom. The van der Waals surface area contributed by atoms with E-state index in [4.69, 9.17) is 10.5 Å². The number of nitrogens with zero attached hydrogens (tertiary/aromatic N) is 1. The van der Waals surface area contributed by atoms with Crippen LogP contribution in [0, 0.1) is 0 Å². The molecule has 0 saturated carbocycles. The number of hydrogen-bond donors (Lipinski definition) is 1. The van der Waals surface area contributed by atoms with Crippen LogP contribution in [-0.4, -0.2) is 42.1 Å². The zero-order chi connectivity index (χ0) is 11.4. The molecule has 0 bridgehead atoms. The van der Waals surface area contributed by atoms with E-state index in [0.717, 1.165) is 12.8 Å². The molecule has 16 heavy (non-hydrogen) atoms. The van der Waals surface area contributed by atoms with Gasteiger partial charge in [0.2, 0.25) is 5.91 Å². The highest BCUT2D eigenvalue weighted by Gasteiger charge is 2.31. The largest absolute Gasteiger partial charge is 0.377 e. The van der Waals surface area contributed by atoms with Crippen molar-refractivity contribution in [1.82, 2.24) is 4.90 Å². The maximum absolute atomic E-state index is 12.1. The van der Waals surface area contributed by atoms with Crippen LogP contribution in [0.1, 0.15) is 33.6 Å². The van der Waals surface area contributed by atoms with Crippen LogP contribution in [0.2, 0.25) is 0 Å². The van der Waals surface area contributed by atoms with E-state index in [2.05, 4.69) is 0 Å². The van der Waals surface area contributed by atoms with Crippen LogP contribution in [0.15, 0.2) is 0 Å². The first kappa shape index (κ1) is 15.7. The Hall–Kier alpha value is -0.320. The van der Waals surface area contributed by atoms with Crippen LogP contribution in [0.25, 0.3) is 0 Å². The molecule has 2 N–H and O–H groups in total. The van der Waals surface area contributed by atoms with Crippen molar-refractivity contribution in [3.8, 4) is 0 Å². The second kappa shape index (κ2) is 7.09. The average molecular weight is 251 g/mol. The normalized spacial score (nSPS) is 27.1. The predicted octanol–water partition coefficient (Wildman–Crippen LogP) is 1.17. The first-order chi connectivity index (χ1) is 7.07. The zero-order valence-corrected chi connectivity index (χ0v) is 11.1. The molecule has 1 fully saturated rings. The molecule has 0 aliphatic carbocycles. The highest BCUT2D eigenvalue weighted by Crippen LogP contribution is 2.15. The van der Waals surface area contributed by atoms with Gasteiger partial charge in [-0.15, -0.1) is 12.4 Å². The second-order valence-corrected chi connectivity index (χ2v) is 4.38. The SMILES string of the molecule is CCCC(N)C(=O)N1C(C)COCC1C.Cl. The van der Waals surface area contributed by atoms with Crippen molar-refractivity contribution in [1.29, 1.82) is 0 Å². The smallest absolute Gasteiger partial charge is 0.240 e. The molecule has 3 unspecified atom stereocenters. The Morgan fingerprint density at radius 1 is 1.44 bits per heavy atom. The van der Waals surface area contributed by atoms with Gasteiger partial charge in [0.05, 0.1) is 31.3 Å². The van der Waals surface area contributed by atoms with Crippen LogP contribution in [-0.2, 0) is 9.53 Å². The molecule has 0 aromatic rings. The molecular formula is C11H23ClN2O2. The molecule has 0 aromatic carbocycles. The third-order valence-electron chi connectivity index (χ3n) is 2.84. The number of ether oxygens (including phenoxy) is 1. The Balaban J connectivity index is 0.00000225. The van der Waals surface area contributed by atoms with E-state index < -0.39 is 0 Å². The summed E-state index contributed by atoms with van der Waals surface area (Å²) in [6.07, 6.45) is 1.70. The standard InChI is InChI=1S/C11H22N2O2.ClH/c1-4-5-10(12)11(14)13-8(2)6-15-7-9(13)3;/h8-10H,4-7,12H2,1-3H3;1H. The highest BCUT2D eigenvalue weighted by atomic mass is 35.5. The van der Waals surface area contributed by atoms with Gasteiger partial charge in [-0.05, 0) is 20.3 Å². The van der Waals surface area contributed by atoms with Crippen LogP contribution < -0.4 is 5.73 Å². The van der Waals surface area contributed by atoms with Crippen molar-refractivity contribution in [2.45, 2.75) is 51.7 Å². The summed E-state index contributed by atoms with van der Waals surface area (Å²) < 4.78 is 5.38. The van der Waals surface area contributed by atoms with E-state index in [1.54, 1.807) is 0 Å². The van der Waals surface area contributed by atoms with E-state index >= 15 is 0 Å². The quantitative estimate of drug-likeness (QED) is 0.818. The maximum Gasteiger partial charge on any atom is 0.240 e. The van der Waals surface area contributed by atoms with Gasteiger partial charge in [-0.3, -0.25) is 4.79 Å². The lowest BCUT2D eigenvalue weighted by molar-refractivity contribution is -0.145. The van der Waals surface area contributed by atoms with Gasteiger partial charge < -0.3 is 15.4 Å². The number of amides is 1. The highest BCUT2D eigenvalue weighted by molar-refractivity contribution is 5.85. The number of rotatable bonds is 3. The third-order valence-corrected chi connectivity index (χ3v) is 2.84. The topological polar surface area (TPSA) is 55.6 Å². The molecule has 1 heterocycles. The van der Waals surface area contributed by atoms with Crippen molar-refractivity contribution in [2.24, 2.45) is 5.73 Å². The number of carbonyl (C=O) groups excluding carboxylic acids is 1. The lowest BCUT2D eigenvalue weighted by atomic mass is 10.1. The van der Waals surface area contributed by atoms with Crippen LogP contribution >= 0.6 is 12.4 Å². The first-order valence-corrected chi connectivity index (χ1v) is 5.73. The van der Waals surface area contributed by atoms with Crippen molar-refractivity contribution < 1.29 is 9.53 Å². The number of morpholine rings is 1.